The highest BCUT2D eigenvalue weighted by Gasteiger charge is 2.26. The van der Waals surface area contributed by atoms with Crippen molar-refractivity contribution in [2.75, 3.05) is 36.4 Å². The van der Waals surface area contributed by atoms with Crippen molar-refractivity contribution >= 4 is 40.9 Å². The first-order chi connectivity index (χ1) is 20.4. The van der Waals surface area contributed by atoms with E-state index >= 15 is 0 Å². The van der Waals surface area contributed by atoms with Crippen LogP contribution >= 0.6 is 11.6 Å². The predicted octanol–water partition coefficient (Wildman–Crippen LogP) is 5.05. The van der Waals surface area contributed by atoms with E-state index in [1.165, 1.54) is 0 Å². The van der Waals surface area contributed by atoms with E-state index in [1.807, 2.05) is 36.4 Å². The smallest absolute Gasteiger partial charge is 0.412 e. The van der Waals surface area contributed by atoms with E-state index in [4.69, 9.17) is 22.1 Å². The summed E-state index contributed by atoms with van der Waals surface area (Å²) < 4.78 is 5.47. The molecule has 1 saturated carbocycles. The molecule has 0 spiro atoms. The molecule has 2 aliphatic rings. The fourth-order valence-electron chi connectivity index (χ4n) is 5.41. The fourth-order valence-corrected chi connectivity index (χ4v) is 5.60. The van der Waals surface area contributed by atoms with Crippen LogP contribution in [0.25, 0.3) is 0 Å². The van der Waals surface area contributed by atoms with Crippen LogP contribution in [0.15, 0.2) is 72.8 Å². The number of nitrogens with two attached hydrogens (primary N) is 1. The van der Waals surface area contributed by atoms with Gasteiger partial charge in [-0.3, -0.25) is 14.9 Å². The number of ether oxygens (including phenoxy) is 1. The number of anilines is 2. The van der Waals surface area contributed by atoms with Crippen molar-refractivity contribution < 1.29 is 19.1 Å². The SMILES string of the molecule is NC1CCC(NC(=O)c2ccc(N3CCN(C(=O)c4cccc(Cl)c4)CC3)c(NC(=O)OCc3ccccc3)c2)CC1. The minimum atomic E-state index is -0.617. The Morgan fingerprint density at radius 2 is 1.60 bits per heavy atom. The molecular weight excluding hydrogens is 554 g/mol. The normalized spacial score (nSPS) is 18.7. The molecule has 3 aromatic rings. The molecule has 220 valence electrons. The lowest BCUT2D eigenvalue weighted by atomic mass is 9.91. The van der Waals surface area contributed by atoms with Gasteiger partial charge in [-0.1, -0.05) is 48.0 Å². The van der Waals surface area contributed by atoms with Gasteiger partial charge >= 0.3 is 6.09 Å². The summed E-state index contributed by atoms with van der Waals surface area (Å²) in [6.45, 7) is 2.21. The van der Waals surface area contributed by atoms with Gasteiger partial charge in [0.25, 0.3) is 11.8 Å². The topological polar surface area (TPSA) is 117 Å². The minimum Gasteiger partial charge on any atom is -0.444 e. The van der Waals surface area contributed by atoms with Crippen LogP contribution in [0.2, 0.25) is 5.02 Å². The number of carbonyl (C=O) groups excluding carboxylic acids is 3. The van der Waals surface area contributed by atoms with E-state index in [9.17, 15) is 14.4 Å². The van der Waals surface area contributed by atoms with Gasteiger partial charge in [-0.15, -0.1) is 0 Å². The number of rotatable bonds is 7. The second-order valence-electron chi connectivity index (χ2n) is 10.8. The van der Waals surface area contributed by atoms with Gasteiger partial charge in [-0.2, -0.15) is 0 Å². The maximum Gasteiger partial charge on any atom is 0.412 e. The van der Waals surface area contributed by atoms with Crippen molar-refractivity contribution in [3.63, 3.8) is 0 Å². The molecular formula is C32H36ClN5O4. The third-order valence-electron chi connectivity index (χ3n) is 7.79. The Bertz CT molecular complexity index is 1400. The Kier molecular flexibility index (Phi) is 9.61. The molecule has 4 N–H and O–H groups in total. The third-order valence-corrected chi connectivity index (χ3v) is 8.03. The molecule has 0 radical (unpaired) electrons. The summed E-state index contributed by atoms with van der Waals surface area (Å²) in [5.41, 5.74) is 9.11. The lowest BCUT2D eigenvalue weighted by Gasteiger charge is -2.37. The summed E-state index contributed by atoms with van der Waals surface area (Å²) in [6, 6.07) is 21.9. The number of nitrogens with one attached hydrogen (secondary N) is 2. The molecule has 42 heavy (non-hydrogen) atoms. The summed E-state index contributed by atoms with van der Waals surface area (Å²) in [7, 11) is 0. The molecule has 2 fully saturated rings. The summed E-state index contributed by atoms with van der Waals surface area (Å²) in [4.78, 5) is 42.9. The molecule has 9 nitrogen and oxygen atoms in total. The molecule has 1 aliphatic heterocycles. The van der Waals surface area contributed by atoms with Crippen molar-refractivity contribution in [3.8, 4) is 0 Å². The molecule has 1 heterocycles. The van der Waals surface area contributed by atoms with Gasteiger partial charge in [0.2, 0.25) is 0 Å². The van der Waals surface area contributed by atoms with E-state index in [2.05, 4.69) is 15.5 Å². The quantitative estimate of drug-likeness (QED) is 0.355. The molecule has 3 aromatic carbocycles. The standard InChI is InChI=1S/C32H36ClN5O4/c33-25-8-4-7-24(19-25)31(40)38-17-15-37(16-18-38)29-14-9-23(30(39)35-27-12-10-26(34)11-13-27)20-28(29)36-32(41)42-21-22-5-2-1-3-6-22/h1-9,14,19-20,26-27H,10-13,15-18,21,34H2,(H,35,39)(H,36,41). The number of hydrogen-bond acceptors (Lipinski definition) is 6. The highest BCUT2D eigenvalue weighted by Crippen LogP contribution is 2.29. The molecule has 0 atom stereocenters. The van der Waals surface area contributed by atoms with Gasteiger partial charge in [-0.05, 0) is 67.6 Å². The van der Waals surface area contributed by atoms with Gasteiger partial charge in [0.1, 0.15) is 6.61 Å². The summed E-state index contributed by atoms with van der Waals surface area (Å²) in [5.74, 6) is -0.268. The fraction of sp³-hybridized carbons (Fsp3) is 0.344. The predicted molar refractivity (Wildman–Crippen MR) is 164 cm³/mol. The Balaban J connectivity index is 1.29. The zero-order chi connectivity index (χ0) is 29.5. The molecule has 0 unspecified atom stereocenters. The second-order valence-corrected chi connectivity index (χ2v) is 11.2. The van der Waals surface area contributed by atoms with Crippen LogP contribution in [0.5, 0.6) is 0 Å². The number of hydrogen-bond donors (Lipinski definition) is 3. The largest absolute Gasteiger partial charge is 0.444 e. The molecule has 0 bridgehead atoms. The number of benzene rings is 3. The number of carbonyl (C=O) groups is 3. The van der Waals surface area contributed by atoms with Crippen LogP contribution in [0.3, 0.4) is 0 Å². The maximum absolute atomic E-state index is 13.2. The Labute approximate surface area is 251 Å². The summed E-state index contributed by atoms with van der Waals surface area (Å²) >= 11 is 6.09. The van der Waals surface area contributed by atoms with E-state index in [1.54, 1.807) is 41.3 Å². The highest BCUT2D eigenvalue weighted by molar-refractivity contribution is 6.31. The van der Waals surface area contributed by atoms with E-state index in [0.717, 1.165) is 36.9 Å². The summed E-state index contributed by atoms with van der Waals surface area (Å²) in [5, 5.41) is 6.49. The van der Waals surface area contributed by atoms with Crippen molar-refractivity contribution in [1.82, 2.24) is 10.2 Å². The van der Waals surface area contributed by atoms with Gasteiger partial charge in [0.15, 0.2) is 0 Å². The van der Waals surface area contributed by atoms with E-state index < -0.39 is 6.09 Å². The van der Waals surface area contributed by atoms with Crippen LogP contribution in [-0.4, -0.2) is 61.1 Å². The number of nitrogens with zero attached hydrogens (tertiary/aromatic N) is 2. The van der Waals surface area contributed by atoms with Crippen molar-refractivity contribution in [2.24, 2.45) is 5.73 Å². The van der Waals surface area contributed by atoms with Crippen LogP contribution in [-0.2, 0) is 11.3 Å². The Morgan fingerprint density at radius 1 is 0.857 bits per heavy atom. The average Bonchev–Trinajstić information content (AvgIpc) is 3.01. The van der Waals surface area contributed by atoms with Gasteiger partial charge in [-0.25, -0.2) is 4.79 Å². The molecule has 5 rings (SSSR count). The van der Waals surface area contributed by atoms with Gasteiger partial charge < -0.3 is 25.6 Å². The second kappa shape index (κ2) is 13.7. The van der Waals surface area contributed by atoms with Crippen LogP contribution in [0, 0.1) is 0 Å². The average molecular weight is 590 g/mol. The van der Waals surface area contributed by atoms with Crippen molar-refractivity contribution in [3.05, 3.63) is 94.5 Å². The number of amides is 3. The first-order valence-corrected chi connectivity index (χ1v) is 14.7. The molecule has 1 aliphatic carbocycles. The minimum absolute atomic E-state index is 0.0734. The summed E-state index contributed by atoms with van der Waals surface area (Å²) in [6.07, 6.45) is 2.85. The van der Waals surface area contributed by atoms with Crippen LogP contribution in [0.4, 0.5) is 16.2 Å². The molecule has 10 heteroatoms. The lowest BCUT2D eigenvalue weighted by Crippen LogP contribution is -2.49. The monoisotopic (exact) mass is 589 g/mol. The van der Waals surface area contributed by atoms with E-state index in [-0.39, 0.29) is 30.5 Å². The van der Waals surface area contributed by atoms with Crippen molar-refractivity contribution in [1.29, 1.82) is 0 Å². The van der Waals surface area contributed by atoms with Crippen LogP contribution < -0.4 is 21.3 Å². The number of halogens is 1. The maximum atomic E-state index is 13.2. The molecule has 1 saturated heterocycles. The Hall–Kier alpha value is -4.08. The number of piperazine rings is 1. The zero-order valence-corrected chi connectivity index (χ0v) is 24.2. The lowest BCUT2D eigenvalue weighted by molar-refractivity contribution is 0.0746. The van der Waals surface area contributed by atoms with Gasteiger partial charge in [0.05, 0.1) is 11.4 Å². The zero-order valence-electron chi connectivity index (χ0n) is 23.4. The van der Waals surface area contributed by atoms with Crippen LogP contribution in [0.1, 0.15) is 52.0 Å². The van der Waals surface area contributed by atoms with Crippen molar-refractivity contribution in [2.45, 2.75) is 44.4 Å². The van der Waals surface area contributed by atoms with E-state index in [0.29, 0.717) is 48.0 Å². The third kappa shape index (κ3) is 7.60. The molecule has 0 aromatic heterocycles. The highest BCUT2D eigenvalue weighted by atomic mass is 35.5. The van der Waals surface area contributed by atoms with Gasteiger partial charge in [0, 0.05) is 54.4 Å². The first-order valence-electron chi connectivity index (χ1n) is 14.3. The first kappa shape index (κ1) is 29.4. The molecule has 3 amide bonds. The Morgan fingerprint density at radius 3 is 2.31 bits per heavy atom.